The van der Waals surface area contributed by atoms with E-state index >= 15 is 0 Å². The minimum atomic E-state index is -3.60. The lowest BCUT2D eigenvalue weighted by Crippen LogP contribution is -3.00. The molecule has 11 rings (SSSR count). The molecule has 41 heavy (non-hydrogen) atoms. The van der Waals surface area contributed by atoms with Crippen molar-refractivity contribution >= 4 is 9.84 Å². The van der Waals surface area contributed by atoms with Crippen LogP contribution in [0.2, 0.25) is 0 Å². The van der Waals surface area contributed by atoms with Crippen LogP contribution in [0.3, 0.4) is 0 Å². The first-order valence-electron chi connectivity index (χ1n) is 12.7. The van der Waals surface area contributed by atoms with Gasteiger partial charge in [0.2, 0.25) is 22.5 Å². The average molecular weight is 702 g/mol. The van der Waals surface area contributed by atoms with E-state index in [0.717, 1.165) is 33.8 Å². The molecule has 6 aliphatic rings. The van der Waals surface area contributed by atoms with Crippen LogP contribution in [0.1, 0.15) is 22.3 Å². The molecular weight excluding hydrogens is 672 g/mol. The zero-order valence-corrected chi connectivity index (χ0v) is 26.6. The number of imidazole rings is 2. The summed E-state index contributed by atoms with van der Waals surface area (Å²) in [4.78, 5) is 0.575. The molecule has 0 saturated carbocycles. The molecule has 5 aromatic rings. The summed E-state index contributed by atoms with van der Waals surface area (Å²) in [5.74, 6) is 1.61. The third kappa shape index (κ3) is 6.42. The number of aromatic nitrogens is 4. The Balaban J connectivity index is 0.00000194. The highest BCUT2D eigenvalue weighted by Gasteiger charge is 2.20. The van der Waals surface area contributed by atoms with Crippen LogP contribution in [-0.4, -0.2) is 31.8 Å². The van der Waals surface area contributed by atoms with E-state index in [1.807, 2.05) is 73.8 Å². The lowest BCUT2D eigenvalue weighted by molar-refractivity contribution is -0.688. The van der Waals surface area contributed by atoms with Gasteiger partial charge in [-0.15, -0.1) is 0 Å². The van der Waals surface area contributed by atoms with Gasteiger partial charge in [-0.2, -0.15) is 0 Å². The number of benzene rings is 3. The van der Waals surface area contributed by atoms with Crippen LogP contribution >= 0.6 is 0 Å². The van der Waals surface area contributed by atoms with Gasteiger partial charge in [-0.3, -0.25) is 0 Å². The first kappa shape index (κ1) is 30.5. The molecule has 3 aromatic carbocycles. The zero-order chi connectivity index (χ0) is 27.0. The minimum absolute atomic E-state index is 0. The summed E-state index contributed by atoms with van der Waals surface area (Å²) in [7, 11) is -0.220. The predicted molar refractivity (Wildman–Crippen MR) is 144 cm³/mol. The molecule has 0 N–H and O–H groups in total. The second-order valence-corrected chi connectivity index (χ2v) is 11.7. The van der Waals surface area contributed by atoms with Crippen LogP contribution in [0.5, 0.6) is 11.5 Å². The first-order chi connectivity index (χ1) is 18.9. The Kier molecular flexibility index (Phi) is 9.41. The number of nitrogens with zero attached hydrogens (tertiary/aromatic N) is 4. The van der Waals surface area contributed by atoms with Crippen LogP contribution in [0.25, 0.3) is 0 Å². The first-order valence-corrected chi connectivity index (χ1v) is 14.2. The van der Waals surface area contributed by atoms with Gasteiger partial charge < -0.3 is 43.4 Å². The van der Waals surface area contributed by atoms with Crippen LogP contribution in [-0.2, 0) is 36.0 Å². The lowest BCUT2D eigenvalue weighted by atomic mass is 10.1. The highest BCUT2D eigenvalue weighted by atomic mass is 79.9. The fraction of sp³-hybridized carbons (Fsp3) is 0.200. The molecule has 8 nitrogen and oxygen atoms in total. The molecule has 0 spiro atoms. The third-order valence-corrected chi connectivity index (χ3v) is 8.86. The van der Waals surface area contributed by atoms with Crippen molar-refractivity contribution in [3.05, 3.63) is 120 Å². The highest BCUT2D eigenvalue weighted by molar-refractivity contribution is 7.91. The van der Waals surface area contributed by atoms with E-state index in [1.165, 1.54) is 0 Å². The van der Waals surface area contributed by atoms with Crippen molar-refractivity contribution in [2.24, 2.45) is 0 Å². The SMILES string of the molecule is COc1cc2c(OC)cc1Cn1cc[n+](c1)Cc1ccc(cc1)S(=O)(=O)c1ccc(cc1)C[n+]1ccn(c1)C2.[Br-].[Br-]. The van der Waals surface area contributed by atoms with Gasteiger partial charge in [0.05, 0.1) is 24.0 Å². The number of rotatable bonds is 2. The van der Waals surface area contributed by atoms with E-state index in [0.29, 0.717) is 26.2 Å². The second kappa shape index (κ2) is 12.6. The fourth-order valence-electron chi connectivity index (χ4n) is 5.02. The number of sulfone groups is 1. The van der Waals surface area contributed by atoms with E-state index < -0.39 is 9.84 Å². The van der Waals surface area contributed by atoms with Gasteiger partial charge in [0.15, 0.2) is 0 Å². The molecule has 2 aromatic heterocycles. The van der Waals surface area contributed by atoms with Crippen molar-refractivity contribution in [1.82, 2.24) is 9.13 Å². The maximum Gasteiger partial charge on any atom is 0.244 e. The molecule has 10 bridgehead atoms. The van der Waals surface area contributed by atoms with Gasteiger partial charge in [-0.1, -0.05) is 24.3 Å². The Labute approximate surface area is 260 Å². The number of hydrogen-bond acceptors (Lipinski definition) is 4. The second-order valence-electron chi connectivity index (χ2n) is 9.78. The summed E-state index contributed by atoms with van der Waals surface area (Å²) in [6, 6.07) is 18.3. The maximum atomic E-state index is 13.2. The molecule has 0 aliphatic carbocycles. The molecule has 0 amide bonds. The Bertz CT molecular complexity index is 1620. The topological polar surface area (TPSA) is 70.2 Å². The average Bonchev–Trinajstić information content (AvgIpc) is 3.58. The molecular formula is C30H30Br2N4O4S. The van der Waals surface area contributed by atoms with E-state index in [1.54, 1.807) is 38.5 Å². The normalized spacial score (nSPS) is 13.7. The van der Waals surface area contributed by atoms with Crippen LogP contribution < -0.4 is 52.6 Å². The monoisotopic (exact) mass is 700 g/mol. The molecule has 0 unspecified atom stereocenters. The zero-order valence-electron chi connectivity index (χ0n) is 22.7. The largest absolute Gasteiger partial charge is 1.00 e. The van der Waals surface area contributed by atoms with Crippen molar-refractivity contribution in [1.29, 1.82) is 0 Å². The summed E-state index contributed by atoms with van der Waals surface area (Å²) in [6.45, 7) is 2.48. The van der Waals surface area contributed by atoms with Crippen molar-refractivity contribution in [3.8, 4) is 11.5 Å². The molecule has 8 heterocycles. The number of ether oxygens (including phenoxy) is 2. The maximum absolute atomic E-state index is 13.2. The summed E-state index contributed by atoms with van der Waals surface area (Å²) >= 11 is 0. The number of methoxy groups -OCH3 is 2. The van der Waals surface area contributed by atoms with Gasteiger partial charge in [0.1, 0.15) is 62.5 Å². The van der Waals surface area contributed by atoms with Crippen LogP contribution in [0.4, 0.5) is 0 Å². The molecule has 0 saturated heterocycles. The van der Waals surface area contributed by atoms with E-state index in [4.69, 9.17) is 9.47 Å². The van der Waals surface area contributed by atoms with Crippen molar-refractivity contribution < 1.29 is 61.0 Å². The highest BCUT2D eigenvalue weighted by Crippen LogP contribution is 2.30. The summed E-state index contributed by atoms with van der Waals surface area (Å²) in [6.07, 6.45) is 12.1. The Morgan fingerprint density at radius 1 is 0.659 bits per heavy atom. The van der Waals surface area contributed by atoms with E-state index in [9.17, 15) is 8.42 Å². The molecule has 11 heteroatoms. The standard InChI is InChI=1S/C30H30N4O4S.2BrH/c1-37-29-15-26-20-34-14-12-32(22-34)18-24-5-9-28(10-6-24)39(35,36)27-7-3-23(4-8-27)17-31-11-13-33(21-31)19-25(29)16-30(26)38-2;;/h3-16,21-22H,17-20H2,1-2H3;2*1H/q+2;;/p-2. The van der Waals surface area contributed by atoms with Gasteiger partial charge in [-0.25, -0.2) is 26.7 Å². The van der Waals surface area contributed by atoms with Crippen molar-refractivity contribution in [3.63, 3.8) is 0 Å². The molecule has 0 atom stereocenters. The molecule has 0 fully saturated rings. The van der Waals surface area contributed by atoms with Crippen molar-refractivity contribution in [2.45, 2.75) is 36.0 Å². The van der Waals surface area contributed by atoms with Gasteiger partial charge >= 0.3 is 0 Å². The minimum Gasteiger partial charge on any atom is -1.00 e. The smallest absolute Gasteiger partial charge is 0.244 e. The Morgan fingerprint density at radius 2 is 1.05 bits per heavy atom. The fourth-order valence-corrected chi connectivity index (χ4v) is 6.28. The lowest BCUT2D eigenvalue weighted by Gasteiger charge is -2.13. The summed E-state index contributed by atoms with van der Waals surface area (Å²) in [5.41, 5.74) is 4.05. The number of halogens is 2. The predicted octanol–water partition coefficient (Wildman–Crippen LogP) is -2.77. The quantitative estimate of drug-likeness (QED) is 0.184. The van der Waals surface area contributed by atoms with Crippen molar-refractivity contribution in [2.75, 3.05) is 14.2 Å². The summed E-state index contributed by atoms with van der Waals surface area (Å²) < 4.78 is 46.4. The Morgan fingerprint density at radius 3 is 1.41 bits per heavy atom. The number of hydrogen-bond donors (Lipinski definition) is 0. The van der Waals surface area contributed by atoms with Crippen LogP contribution in [0, 0.1) is 0 Å². The van der Waals surface area contributed by atoms with Gasteiger partial charge in [0.25, 0.3) is 0 Å². The molecule has 6 aliphatic heterocycles. The Hall–Kier alpha value is -3.41. The van der Waals surface area contributed by atoms with Gasteiger partial charge in [0, 0.05) is 11.1 Å². The van der Waals surface area contributed by atoms with Crippen LogP contribution in [0.15, 0.2) is 108 Å². The summed E-state index contributed by atoms with van der Waals surface area (Å²) in [5, 5.41) is 0. The third-order valence-electron chi connectivity index (χ3n) is 7.08. The van der Waals surface area contributed by atoms with Gasteiger partial charge in [-0.05, 0) is 47.5 Å². The van der Waals surface area contributed by atoms with E-state index in [-0.39, 0.29) is 43.8 Å². The van der Waals surface area contributed by atoms with E-state index in [2.05, 4.69) is 18.3 Å². The molecule has 0 radical (unpaired) electrons. The molecule has 214 valence electrons.